The number of rotatable bonds is 0. The lowest BCUT2D eigenvalue weighted by atomic mass is 10.2. The van der Waals surface area contributed by atoms with Crippen LogP contribution in [0.1, 0.15) is 5.56 Å². The van der Waals surface area contributed by atoms with Crippen molar-refractivity contribution in [3.8, 4) is 6.07 Å². The van der Waals surface area contributed by atoms with E-state index in [2.05, 4.69) is 6.07 Å². The van der Waals surface area contributed by atoms with Gasteiger partial charge in [-0.2, -0.15) is 5.26 Å². The molecule has 1 unspecified atom stereocenters. The Balaban J connectivity index is 0.000000810. The zero-order valence-corrected chi connectivity index (χ0v) is 7.51. The third-order valence-electron chi connectivity index (χ3n) is 1.06. The molecule has 0 bridgehead atoms. The number of benzene rings is 1. The summed E-state index contributed by atoms with van der Waals surface area (Å²) in [7, 11) is 1.78. The Bertz CT molecular complexity index is 254. The molecule has 52 valence electrons. The summed E-state index contributed by atoms with van der Waals surface area (Å²) in [5, 5.41) is 9.58. The van der Waals surface area contributed by atoms with Gasteiger partial charge in [-0.3, -0.25) is 0 Å². The molecule has 1 rings (SSSR count). The van der Waals surface area contributed by atoms with Crippen LogP contribution in [0.5, 0.6) is 0 Å². The molecule has 1 aromatic carbocycles. The van der Waals surface area contributed by atoms with E-state index in [0.717, 1.165) is 10.9 Å². The molecular weight excluding hydrogens is 165 g/mol. The third-order valence-corrected chi connectivity index (χ3v) is 1.50. The Morgan fingerprint density at radius 2 is 2.10 bits per heavy atom. The highest BCUT2D eigenvalue weighted by Gasteiger charge is 1.89. The zero-order valence-electron chi connectivity index (χ0n) is 5.34. The summed E-state index contributed by atoms with van der Waals surface area (Å²) in [5.74, 6) is 0. The predicted octanol–water partition coefficient (Wildman–Crippen LogP) is -2.21. The molecule has 0 spiro atoms. The summed E-state index contributed by atoms with van der Waals surface area (Å²) in [4.78, 5) is 0. The van der Waals surface area contributed by atoms with Crippen LogP contribution < -0.4 is 17.7 Å². The van der Waals surface area contributed by atoms with Crippen LogP contribution in [0, 0.1) is 11.3 Å². The van der Waals surface area contributed by atoms with E-state index in [9.17, 15) is 0 Å². The smallest absolute Gasteiger partial charge is 0.0993 e. The fourth-order valence-electron chi connectivity index (χ4n) is 0.641. The highest BCUT2D eigenvalue weighted by atomic mass is 35.5. The Labute approximate surface area is 68.7 Å². The third kappa shape index (κ3) is 2.35. The monoisotopic (exact) mass is 171 g/mol. The highest BCUT2D eigenvalue weighted by molar-refractivity contribution is 7.27. The number of nitriles is 1. The maximum Gasteiger partial charge on any atom is 0.0993 e. The van der Waals surface area contributed by atoms with Crippen LogP contribution in [0.3, 0.4) is 0 Å². The van der Waals surface area contributed by atoms with Gasteiger partial charge >= 0.3 is 0 Å². The Morgan fingerprint density at radius 1 is 1.40 bits per heavy atom. The van der Waals surface area contributed by atoms with Crippen molar-refractivity contribution in [1.29, 1.82) is 5.26 Å². The number of hydrogen-bond donors (Lipinski definition) is 0. The van der Waals surface area contributed by atoms with E-state index < -0.39 is 0 Å². The molecule has 0 aliphatic rings. The van der Waals surface area contributed by atoms with Gasteiger partial charge in [0.15, 0.2) is 0 Å². The minimum Gasteiger partial charge on any atom is -1.00 e. The van der Waals surface area contributed by atoms with Gasteiger partial charge < -0.3 is 12.4 Å². The highest BCUT2D eigenvalue weighted by Crippen LogP contribution is 1.95. The quantitative estimate of drug-likeness (QED) is 0.407. The van der Waals surface area contributed by atoms with Gasteiger partial charge in [0.05, 0.1) is 16.9 Å². The Morgan fingerprint density at radius 3 is 2.50 bits per heavy atom. The molecule has 0 aromatic heterocycles. The molecule has 10 heavy (non-hydrogen) atoms. The lowest BCUT2D eigenvalue weighted by Gasteiger charge is -1.84. The number of hydrogen-bond acceptors (Lipinski definition) is 1. The average Bonchev–Trinajstić information content (AvgIpc) is 1.88. The van der Waals surface area contributed by atoms with Crippen molar-refractivity contribution in [3.05, 3.63) is 29.8 Å². The molecule has 1 nitrogen and oxygen atoms in total. The Hall–Kier alpha value is -0.570. The van der Waals surface area contributed by atoms with Gasteiger partial charge in [-0.15, -0.1) is 0 Å². The summed E-state index contributed by atoms with van der Waals surface area (Å²) in [6, 6.07) is 9.62. The predicted molar refractivity (Wildman–Crippen MR) is 41.9 cm³/mol. The fourth-order valence-corrected chi connectivity index (χ4v) is 0.997. The first kappa shape index (κ1) is 9.43. The van der Waals surface area contributed by atoms with Crippen LogP contribution in [-0.4, -0.2) is 0 Å². The van der Waals surface area contributed by atoms with Gasteiger partial charge in [-0.25, -0.2) is 0 Å². The molecule has 0 heterocycles. The van der Waals surface area contributed by atoms with Crippen LogP contribution in [0.25, 0.3) is 0 Å². The van der Waals surface area contributed by atoms with Crippen molar-refractivity contribution in [2.24, 2.45) is 0 Å². The summed E-state index contributed by atoms with van der Waals surface area (Å²) in [6.45, 7) is 0. The summed E-state index contributed by atoms with van der Waals surface area (Å²) in [5.41, 5.74) is 0.738. The van der Waals surface area contributed by atoms with Crippen molar-refractivity contribution >= 4 is 14.5 Å². The van der Waals surface area contributed by atoms with E-state index >= 15 is 0 Å². The molecule has 0 saturated heterocycles. The summed E-state index contributed by atoms with van der Waals surface area (Å²) < 4.78 is 0. The first-order chi connectivity index (χ1) is 4.33. The molecule has 0 N–H and O–H groups in total. The van der Waals surface area contributed by atoms with E-state index in [-0.39, 0.29) is 12.4 Å². The second-order valence-electron chi connectivity index (χ2n) is 1.81. The first-order valence-corrected chi connectivity index (χ1v) is 3.36. The molecule has 0 fully saturated rings. The molecule has 3 heteroatoms. The van der Waals surface area contributed by atoms with E-state index in [0.29, 0.717) is 0 Å². The first-order valence-electron chi connectivity index (χ1n) is 2.65. The SMILES string of the molecule is N#Cc1cccc([PH3+])c1.[Cl-]. The van der Waals surface area contributed by atoms with E-state index in [1.54, 1.807) is 15.3 Å². The van der Waals surface area contributed by atoms with Crippen molar-refractivity contribution in [1.82, 2.24) is 0 Å². The van der Waals surface area contributed by atoms with Crippen molar-refractivity contribution in [2.45, 2.75) is 0 Å². The molecule has 1 atom stereocenters. The maximum atomic E-state index is 8.42. The van der Waals surface area contributed by atoms with Crippen LogP contribution in [0.2, 0.25) is 0 Å². The van der Waals surface area contributed by atoms with Crippen LogP contribution in [-0.2, 0) is 0 Å². The van der Waals surface area contributed by atoms with E-state index in [1.165, 1.54) is 0 Å². The van der Waals surface area contributed by atoms with Gasteiger partial charge in [0.1, 0.15) is 0 Å². The molecule has 0 saturated carbocycles. The van der Waals surface area contributed by atoms with Gasteiger partial charge in [-0.05, 0) is 18.2 Å². The lowest BCUT2D eigenvalue weighted by molar-refractivity contribution is -0.00000193. The normalized spacial score (nSPS) is 7.90. The fraction of sp³-hybridized carbons (Fsp3) is 0. The minimum absolute atomic E-state index is 0. The van der Waals surface area contributed by atoms with Crippen molar-refractivity contribution in [3.63, 3.8) is 0 Å². The Kier molecular flexibility index (Phi) is 4.03. The molecule has 0 aliphatic carbocycles. The summed E-state index contributed by atoms with van der Waals surface area (Å²) >= 11 is 0. The van der Waals surface area contributed by atoms with Gasteiger partial charge in [0, 0.05) is 9.24 Å². The van der Waals surface area contributed by atoms with Gasteiger partial charge in [0.25, 0.3) is 0 Å². The zero-order chi connectivity index (χ0) is 6.69. The molecule has 0 amide bonds. The van der Waals surface area contributed by atoms with Crippen LogP contribution >= 0.6 is 9.24 Å². The van der Waals surface area contributed by atoms with E-state index in [1.807, 2.05) is 18.2 Å². The molecular formula is C7H7ClNP. The number of halogens is 1. The minimum atomic E-state index is 0. The van der Waals surface area contributed by atoms with Gasteiger partial charge in [0.2, 0.25) is 0 Å². The van der Waals surface area contributed by atoms with Crippen molar-refractivity contribution in [2.75, 3.05) is 0 Å². The number of nitrogens with zero attached hydrogens (tertiary/aromatic N) is 1. The second kappa shape index (κ2) is 4.28. The second-order valence-corrected chi connectivity index (χ2v) is 2.63. The largest absolute Gasteiger partial charge is 1.00 e. The summed E-state index contributed by atoms with van der Waals surface area (Å²) in [6.07, 6.45) is 0. The molecule has 1 aromatic rings. The lowest BCUT2D eigenvalue weighted by Crippen LogP contribution is -3.00. The van der Waals surface area contributed by atoms with Crippen LogP contribution in [0.4, 0.5) is 0 Å². The van der Waals surface area contributed by atoms with Crippen molar-refractivity contribution < 1.29 is 12.4 Å². The maximum absolute atomic E-state index is 8.42. The topological polar surface area (TPSA) is 23.8 Å². The average molecular weight is 172 g/mol. The van der Waals surface area contributed by atoms with Gasteiger partial charge in [-0.1, -0.05) is 6.07 Å². The van der Waals surface area contributed by atoms with E-state index in [4.69, 9.17) is 5.26 Å². The molecule has 0 radical (unpaired) electrons. The molecule has 0 aliphatic heterocycles. The standard InChI is InChI=1S/C7H6NP.ClH/c8-5-6-2-1-3-7(9)4-6;/h1-4H,9H2;1H. The van der Waals surface area contributed by atoms with Crippen LogP contribution in [0.15, 0.2) is 24.3 Å².